The summed E-state index contributed by atoms with van der Waals surface area (Å²) < 4.78 is 0. The van der Waals surface area contributed by atoms with Crippen LogP contribution in [-0.4, -0.2) is 38.0 Å². The van der Waals surface area contributed by atoms with Gasteiger partial charge in [-0.1, -0.05) is 0 Å². The first-order chi connectivity index (χ1) is 4.68. The minimum atomic E-state index is 0.651. The van der Waals surface area contributed by atoms with Crippen molar-refractivity contribution in [2.24, 2.45) is 0 Å². The molecule has 0 heterocycles. The molecule has 0 fully saturated rings. The van der Waals surface area contributed by atoms with Crippen LogP contribution in [0.3, 0.4) is 0 Å². The molecule has 0 bridgehead atoms. The molecule has 0 atom stereocenters. The van der Waals surface area contributed by atoms with E-state index in [4.69, 9.17) is 7.49 Å². The Balaban J connectivity index is 3.21. The summed E-state index contributed by atoms with van der Waals surface area (Å²) >= 11 is 0. The molecule has 2 heteroatoms. The van der Waals surface area contributed by atoms with Crippen molar-refractivity contribution < 1.29 is 0 Å². The normalized spacial score (nSPS) is 10.8. The maximum atomic E-state index is 5.25. The summed E-state index contributed by atoms with van der Waals surface area (Å²) in [6.45, 7) is 5.55. The summed E-state index contributed by atoms with van der Waals surface area (Å²) in [5.41, 5.74) is 0. The van der Waals surface area contributed by atoms with E-state index in [1.165, 1.54) is 6.42 Å². The van der Waals surface area contributed by atoms with Crippen LogP contribution in [0.4, 0.5) is 0 Å². The number of hydrogen-bond donors (Lipinski definition) is 0. The van der Waals surface area contributed by atoms with Gasteiger partial charge in [0, 0.05) is 0 Å². The molecule has 0 aliphatic rings. The average Bonchev–Trinajstić information content (AvgIpc) is 1.88. The van der Waals surface area contributed by atoms with Crippen LogP contribution in [0.25, 0.3) is 0 Å². The SMILES string of the molecule is [B]=CCCCN(C)C(C)C. The van der Waals surface area contributed by atoms with Crippen LogP contribution in [0.2, 0.25) is 0 Å². The number of nitrogens with zero attached hydrogens (tertiary/aromatic N) is 1. The van der Waals surface area contributed by atoms with Crippen LogP contribution in [0.1, 0.15) is 26.7 Å². The molecular formula is C8H17BN. The summed E-state index contributed by atoms with van der Waals surface area (Å²) in [4.78, 5) is 2.32. The Bertz CT molecular complexity index is 91.3. The van der Waals surface area contributed by atoms with Gasteiger partial charge in [-0.05, 0) is 0 Å². The van der Waals surface area contributed by atoms with Gasteiger partial charge in [0.1, 0.15) is 0 Å². The molecule has 0 saturated heterocycles. The molecule has 0 unspecified atom stereocenters. The van der Waals surface area contributed by atoms with Gasteiger partial charge in [-0.25, -0.2) is 0 Å². The van der Waals surface area contributed by atoms with E-state index < -0.39 is 0 Å². The van der Waals surface area contributed by atoms with Gasteiger partial charge in [-0.3, -0.25) is 0 Å². The fourth-order valence-electron chi connectivity index (χ4n) is 0.717. The van der Waals surface area contributed by atoms with Crippen molar-refractivity contribution in [2.45, 2.75) is 32.7 Å². The standard InChI is InChI=1S/C8H17BN/c1-8(2)10(3)7-5-4-6-9/h6,8H,4-5,7H2,1-3H3. The summed E-state index contributed by atoms with van der Waals surface area (Å²) in [5.74, 6) is 1.73. The molecule has 0 aromatic carbocycles. The summed E-state index contributed by atoms with van der Waals surface area (Å²) in [5, 5.41) is 0. The monoisotopic (exact) mass is 138 g/mol. The fourth-order valence-corrected chi connectivity index (χ4v) is 0.717. The Morgan fingerprint density at radius 2 is 2.10 bits per heavy atom. The second-order valence-electron chi connectivity index (χ2n) is 2.95. The molecule has 0 aromatic heterocycles. The second kappa shape index (κ2) is 5.66. The van der Waals surface area contributed by atoms with Gasteiger partial charge in [0.2, 0.25) is 0 Å². The third kappa shape index (κ3) is 4.74. The molecule has 0 aliphatic carbocycles. The Hall–Kier alpha value is -0.105. The van der Waals surface area contributed by atoms with Crippen molar-refractivity contribution in [1.29, 1.82) is 0 Å². The third-order valence-electron chi connectivity index (χ3n) is 1.76. The molecule has 0 spiro atoms. The minimum absolute atomic E-state index is 0.651. The predicted molar refractivity (Wildman–Crippen MR) is 48.8 cm³/mol. The zero-order valence-corrected chi connectivity index (χ0v) is 7.30. The molecule has 1 nitrogen and oxygen atoms in total. The summed E-state index contributed by atoms with van der Waals surface area (Å²) in [7, 11) is 7.39. The van der Waals surface area contributed by atoms with Gasteiger partial charge in [-0.2, -0.15) is 0 Å². The van der Waals surface area contributed by atoms with Gasteiger partial charge in [-0.15, -0.1) is 0 Å². The van der Waals surface area contributed by atoms with E-state index in [0.717, 1.165) is 13.0 Å². The van der Waals surface area contributed by atoms with E-state index >= 15 is 0 Å². The molecule has 0 aromatic rings. The fraction of sp³-hybridized carbons (Fsp3) is 0.875. The predicted octanol–water partition coefficient (Wildman–Crippen LogP) is 1.08. The maximum absolute atomic E-state index is 5.25. The second-order valence-corrected chi connectivity index (χ2v) is 2.95. The number of hydrogen-bond acceptors (Lipinski definition) is 1. The molecular weight excluding hydrogens is 121 g/mol. The van der Waals surface area contributed by atoms with E-state index in [2.05, 4.69) is 25.8 Å². The van der Waals surface area contributed by atoms with Gasteiger partial charge < -0.3 is 0 Å². The number of unbranched alkanes of at least 4 members (excludes halogenated alkanes) is 1. The molecule has 1 radical (unpaired) electrons. The van der Waals surface area contributed by atoms with E-state index in [1.54, 1.807) is 5.97 Å². The molecule has 0 N–H and O–H groups in total. The molecule has 0 rings (SSSR count). The Kier molecular flexibility index (Phi) is 5.60. The molecule has 0 saturated carbocycles. The molecule has 57 valence electrons. The molecule has 0 amide bonds. The van der Waals surface area contributed by atoms with Crippen molar-refractivity contribution in [3.63, 3.8) is 0 Å². The van der Waals surface area contributed by atoms with Crippen molar-refractivity contribution >= 4 is 13.5 Å². The van der Waals surface area contributed by atoms with Crippen molar-refractivity contribution in [3.05, 3.63) is 0 Å². The Labute approximate surface area is 65.5 Å². The van der Waals surface area contributed by atoms with Gasteiger partial charge >= 0.3 is 64.7 Å². The van der Waals surface area contributed by atoms with Crippen LogP contribution in [0, 0.1) is 0 Å². The van der Waals surface area contributed by atoms with E-state index in [9.17, 15) is 0 Å². The van der Waals surface area contributed by atoms with Crippen molar-refractivity contribution in [2.75, 3.05) is 13.6 Å². The van der Waals surface area contributed by atoms with Crippen LogP contribution >= 0.6 is 0 Å². The number of rotatable bonds is 5. The van der Waals surface area contributed by atoms with Crippen LogP contribution in [0.15, 0.2) is 0 Å². The Morgan fingerprint density at radius 3 is 2.50 bits per heavy atom. The van der Waals surface area contributed by atoms with Gasteiger partial charge in [0.05, 0.1) is 0 Å². The first kappa shape index (κ1) is 9.89. The molecule has 0 aliphatic heterocycles. The quantitative estimate of drug-likeness (QED) is 0.405. The molecule has 10 heavy (non-hydrogen) atoms. The van der Waals surface area contributed by atoms with Crippen molar-refractivity contribution in [3.8, 4) is 0 Å². The zero-order chi connectivity index (χ0) is 7.98. The van der Waals surface area contributed by atoms with Crippen LogP contribution in [0.5, 0.6) is 0 Å². The van der Waals surface area contributed by atoms with Gasteiger partial charge in [0.25, 0.3) is 0 Å². The van der Waals surface area contributed by atoms with Crippen LogP contribution < -0.4 is 0 Å². The third-order valence-corrected chi connectivity index (χ3v) is 1.76. The first-order valence-corrected chi connectivity index (χ1v) is 3.92. The van der Waals surface area contributed by atoms with Gasteiger partial charge in [0.15, 0.2) is 0 Å². The first-order valence-electron chi connectivity index (χ1n) is 3.92. The zero-order valence-electron chi connectivity index (χ0n) is 7.30. The summed E-state index contributed by atoms with van der Waals surface area (Å²) in [6.07, 6.45) is 2.20. The summed E-state index contributed by atoms with van der Waals surface area (Å²) in [6, 6.07) is 0.651. The van der Waals surface area contributed by atoms with Crippen molar-refractivity contribution in [1.82, 2.24) is 4.90 Å². The Morgan fingerprint density at radius 1 is 1.50 bits per heavy atom. The van der Waals surface area contributed by atoms with E-state index in [1.807, 2.05) is 0 Å². The van der Waals surface area contributed by atoms with E-state index in [-0.39, 0.29) is 0 Å². The van der Waals surface area contributed by atoms with Crippen LogP contribution in [-0.2, 0) is 0 Å². The topological polar surface area (TPSA) is 3.24 Å². The average molecular weight is 138 g/mol. The van der Waals surface area contributed by atoms with E-state index in [0.29, 0.717) is 6.04 Å².